The maximum atomic E-state index is 14.6. The van der Waals surface area contributed by atoms with Crippen LogP contribution in [0.5, 0.6) is 0 Å². The molecule has 64 heavy (non-hydrogen) atoms. The van der Waals surface area contributed by atoms with Crippen LogP contribution in [-0.2, 0) is 35.8 Å². The summed E-state index contributed by atoms with van der Waals surface area (Å²) in [5, 5.41) is 29.0. The van der Waals surface area contributed by atoms with Gasteiger partial charge in [-0.05, 0) is 92.7 Å². The first-order valence-electron chi connectivity index (χ1n) is 22.8. The Morgan fingerprint density at radius 2 is 1.34 bits per heavy atom. The van der Waals surface area contributed by atoms with Crippen LogP contribution in [0.1, 0.15) is 96.4 Å². The number of carbonyl (C=O) groups excluding carboxylic acids is 3. The summed E-state index contributed by atoms with van der Waals surface area (Å²) in [6.45, 7) is 13.1. The van der Waals surface area contributed by atoms with Crippen LogP contribution in [0.15, 0.2) is 145 Å². The summed E-state index contributed by atoms with van der Waals surface area (Å²) >= 11 is 0. The predicted molar refractivity (Wildman–Crippen MR) is 246 cm³/mol. The van der Waals surface area contributed by atoms with Gasteiger partial charge in [-0.25, -0.2) is 9.59 Å². The van der Waals surface area contributed by atoms with Crippen LogP contribution in [0.3, 0.4) is 0 Å². The molecule has 8 rings (SSSR count). The smallest absolute Gasteiger partial charge is 0.408 e. The molecule has 3 N–H and O–H groups in total. The average molecular weight is 866 g/mol. The maximum absolute atomic E-state index is 14.6. The number of aryl methyl sites for hydroxylation is 1. The van der Waals surface area contributed by atoms with Gasteiger partial charge < -0.3 is 29.7 Å². The molecule has 0 aliphatic heterocycles. The molecule has 0 heterocycles. The molecule has 4 aliphatic rings. The molecule has 0 radical (unpaired) electrons. The number of rotatable bonds is 13. The molecule has 4 aromatic rings. The number of carbonyl (C=O) groups is 3. The second kappa shape index (κ2) is 16.9. The lowest BCUT2D eigenvalue weighted by atomic mass is 9.60. The van der Waals surface area contributed by atoms with E-state index in [1.165, 1.54) is 0 Å². The largest absolute Gasteiger partial charge is 0.457 e. The first-order valence-corrected chi connectivity index (χ1v) is 22.8. The minimum atomic E-state index is -1.93. The molecular weight excluding hydrogens is 803 g/mol. The molecule has 9 nitrogen and oxygen atoms in total. The Morgan fingerprint density at radius 1 is 0.812 bits per heavy atom. The van der Waals surface area contributed by atoms with E-state index in [0.717, 1.165) is 22.3 Å². The van der Waals surface area contributed by atoms with Crippen LogP contribution in [0.4, 0.5) is 4.79 Å². The van der Waals surface area contributed by atoms with Gasteiger partial charge in [0.25, 0.3) is 0 Å². The van der Waals surface area contributed by atoms with Gasteiger partial charge >= 0.3 is 12.1 Å². The van der Waals surface area contributed by atoms with Crippen molar-refractivity contribution in [3.63, 3.8) is 0 Å². The average Bonchev–Trinajstić information content (AvgIpc) is 3.67. The number of nitrogens with one attached hydrogen (secondary N) is 1. The SMILES string of the molecule is CC1=C[C@H]2[C@@]3(O)[C@H](C)C[C@]4(OC(=O)[C@H](CCCc5ccccc5)NC(=O)OC(C)(C)C)[C@H]([C@@H]3C=C(COC(c3ccccc3)(c3ccccc3)c3ccccc3)C[C@]2(O)C1=O)C4(C)C. The summed E-state index contributed by atoms with van der Waals surface area (Å²) in [6, 6.07) is 39.1. The van der Waals surface area contributed by atoms with Crippen molar-refractivity contribution in [1.82, 2.24) is 5.32 Å². The van der Waals surface area contributed by atoms with E-state index in [1.54, 1.807) is 33.8 Å². The van der Waals surface area contributed by atoms with E-state index >= 15 is 0 Å². The molecule has 4 aliphatic carbocycles. The van der Waals surface area contributed by atoms with E-state index in [0.29, 0.717) is 36.8 Å². The Labute approximate surface area is 377 Å². The predicted octanol–water partition coefficient (Wildman–Crippen LogP) is 9.44. The number of esters is 1. The number of amides is 1. The summed E-state index contributed by atoms with van der Waals surface area (Å²) in [5.41, 5.74) is -2.13. The lowest BCUT2D eigenvalue weighted by Gasteiger charge is -2.50. The fourth-order valence-electron chi connectivity index (χ4n) is 11.7. The quantitative estimate of drug-likeness (QED) is 0.0689. The van der Waals surface area contributed by atoms with Gasteiger partial charge in [0, 0.05) is 29.6 Å². The minimum Gasteiger partial charge on any atom is -0.457 e. The fraction of sp³-hybridized carbons (Fsp3) is 0.436. The lowest BCUT2D eigenvalue weighted by Crippen LogP contribution is -2.61. The van der Waals surface area contributed by atoms with E-state index in [9.17, 15) is 24.6 Å². The summed E-state index contributed by atoms with van der Waals surface area (Å²) in [7, 11) is 0. The number of aliphatic hydroxyl groups is 2. The Bertz CT molecular complexity index is 2310. The second-order valence-electron chi connectivity index (χ2n) is 20.3. The van der Waals surface area contributed by atoms with Crippen molar-refractivity contribution < 1.29 is 38.8 Å². The van der Waals surface area contributed by atoms with Gasteiger partial charge in [0.15, 0.2) is 5.78 Å². The molecule has 0 bridgehead atoms. The van der Waals surface area contributed by atoms with E-state index in [4.69, 9.17) is 14.2 Å². The number of alkyl carbamates (subject to hydrolysis) is 1. The van der Waals surface area contributed by atoms with Crippen LogP contribution in [0.25, 0.3) is 0 Å². The fourth-order valence-corrected chi connectivity index (χ4v) is 11.7. The molecule has 4 aromatic carbocycles. The van der Waals surface area contributed by atoms with Crippen molar-refractivity contribution in [3.8, 4) is 0 Å². The van der Waals surface area contributed by atoms with Gasteiger partial charge in [0.1, 0.15) is 28.4 Å². The van der Waals surface area contributed by atoms with E-state index in [-0.39, 0.29) is 13.0 Å². The summed E-state index contributed by atoms with van der Waals surface area (Å²) in [4.78, 5) is 42.0. The van der Waals surface area contributed by atoms with Crippen molar-refractivity contribution in [3.05, 3.63) is 167 Å². The van der Waals surface area contributed by atoms with Crippen molar-refractivity contribution in [1.29, 1.82) is 0 Å². The molecular formula is C55H63NO8. The van der Waals surface area contributed by atoms with Crippen molar-refractivity contribution in [2.75, 3.05) is 6.61 Å². The highest BCUT2D eigenvalue weighted by Crippen LogP contribution is 2.76. The van der Waals surface area contributed by atoms with Gasteiger partial charge in [-0.1, -0.05) is 154 Å². The van der Waals surface area contributed by atoms with E-state index in [1.807, 2.05) is 134 Å². The molecule has 336 valence electrons. The highest BCUT2D eigenvalue weighted by atomic mass is 16.6. The minimum absolute atomic E-state index is 0.0181. The van der Waals surface area contributed by atoms with Crippen molar-refractivity contribution >= 4 is 17.8 Å². The number of hydrogen-bond acceptors (Lipinski definition) is 8. The highest BCUT2D eigenvalue weighted by Gasteiger charge is 2.83. The van der Waals surface area contributed by atoms with Crippen LogP contribution >= 0.6 is 0 Å². The molecule has 0 aromatic heterocycles. The van der Waals surface area contributed by atoms with Gasteiger partial charge in [-0.2, -0.15) is 0 Å². The number of benzene rings is 4. The zero-order valence-corrected chi connectivity index (χ0v) is 38.2. The first kappa shape index (κ1) is 45.2. The maximum Gasteiger partial charge on any atom is 0.408 e. The topological polar surface area (TPSA) is 131 Å². The molecule has 0 spiro atoms. The number of ketones is 1. The highest BCUT2D eigenvalue weighted by molar-refractivity contribution is 6.04. The Balaban J connectivity index is 1.17. The first-order chi connectivity index (χ1) is 30.4. The van der Waals surface area contributed by atoms with Gasteiger partial charge in [0.2, 0.25) is 0 Å². The second-order valence-corrected chi connectivity index (χ2v) is 20.3. The normalized spacial score (nSPS) is 28.5. The van der Waals surface area contributed by atoms with Crippen LogP contribution in [0.2, 0.25) is 0 Å². The van der Waals surface area contributed by atoms with Crippen LogP contribution < -0.4 is 5.32 Å². The number of ether oxygens (including phenoxy) is 3. The van der Waals surface area contributed by atoms with Gasteiger partial charge in [-0.15, -0.1) is 0 Å². The van der Waals surface area contributed by atoms with Crippen LogP contribution in [-0.4, -0.2) is 63.1 Å². The zero-order chi connectivity index (χ0) is 45.7. The van der Waals surface area contributed by atoms with E-state index < -0.39 is 81.0 Å². The zero-order valence-electron chi connectivity index (χ0n) is 38.2. The van der Waals surface area contributed by atoms with Crippen molar-refractivity contribution in [2.24, 2.45) is 29.1 Å². The molecule has 9 heteroatoms. The molecule has 0 unspecified atom stereocenters. The molecule has 1 amide bonds. The third-order valence-electron chi connectivity index (χ3n) is 14.7. The number of Topliss-reactive ketones (excluding diaryl/α,β-unsaturated/α-hetero) is 1. The third-order valence-corrected chi connectivity index (χ3v) is 14.7. The number of hydrogen-bond donors (Lipinski definition) is 3. The third kappa shape index (κ3) is 7.83. The molecule has 0 saturated heterocycles. The van der Waals surface area contributed by atoms with Gasteiger partial charge in [0.05, 0.1) is 12.2 Å². The summed E-state index contributed by atoms with van der Waals surface area (Å²) in [6.07, 6.45) is 4.96. The van der Waals surface area contributed by atoms with Gasteiger partial charge in [-0.3, -0.25) is 4.79 Å². The Morgan fingerprint density at radius 3 is 1.88 bits per heavy atom. The van der Waals surface area contributed by atoms with Crippen molar-refractivity contribution in [2.45, 2.75) is 115 Å². The molecule has 2 fully saturated rings. The summed E-state index contributed by atoms with van der Waals surface area (Å²) in [5.74, 6) is -3.47. The van der Waals surface area contributed by atoms with Crippen LogP contribution in [0, 0.1) is 29.1 Å². The summed E-state index contributed by atoms with van der Waals surface area (Å²) < 4.78 is 19.7. The lowest BCUT2D eigenvalue weighted by molar-refractivity contribution is -0.188. The standard InChI is InChI=1S/C55H63NO8/c1-36-31-45-52(60,47(36)57)34-39(35-62-55(40-24-14-9-15-25-40,41-26-16-10-17-27-41)42-28-18-11-19-29-42)32-43-46-51(6,7)53(46,33-37(2)54(43,45)61)63-48(58)44(56-49(59)64-50(3,4)5)30-20-23-38-21-12-8-13-22-38/h8-19,21-22,24-29,31-32,37,43-46,60-61H,20,23,30,33-35H2,1-7H3,(H,56,59)/t37-,43+,44+,45-,46-,52-,53+,54-/m1/s1. The monoisotopic (exact) mass is 865 g/mol. The molecule has 8 atom stereocenters. The molecule has 2 saturated carbocycles. The Kier molecular flexibility index (Phi) is 11.9. The number of fused-ring (bicyclic) bond motifs is 5. The van der Waals surface area contributed by atoms with E-state index in [2.05, 4.69) is 19.2 Å². The Hall–Kier alpha value is -5.35.